The van der Waals surface area contributed by atoms with Gasteiger partial charge in [0.25, 0.3) is 0 Å². The molecule has 0 aliphatic heterocycles. The fraction of sp³-hybridized carbons (Fsp3) is 0.0833. The number of halogens is 3. The van der Waals surface area contributed by atoms with Crippen molar-refractivity contribution in [1.82, 2.24) is 9.55 Å². The molecule has 2 aromatic heterocycles. The van der Waals surface area contributed by atoms with Crippen molar-refractivity contribution in [3.05, 3.63) is 42.7 Å². The molecule has 0 aliphatic rings. The highest BCUT2D eigenvalue weighted by Crippen LogP contribution is 2.35. The molecule has 0 saturated carbocycles. The number of pyridine rings is 1. The monoisotopic (exact) mass is 236 g/mol. The number of nitrogens with zero attached hydrogens (tertiary/aromatic N) is 2. The fourth-order valence-electron chi connectivity index (χ4n) is 2.09. The Morgan fingerprint density at radius 2 is 1.65 bits per heavy atom. The molecule has 0 atom stereocenters. The van der Waals surface area contributed by atoms with Gasteiger partial charge in [-0.3, -0.25) is 9.55 Å². The number of alkyl halides is 3. The number of hydrogen-bond acceptors (Lipinski definition) is 1. The lowest BCUT2D eigenvalue weighted by atomic mass is 10.2. The van der Waals surface area contributed by atoms with Crippen LogP contribution in [0.4, 0.5) is 13.2 Å². The highest BCUT2D eigenvalue weighted by molar-refractivity contribution is 6.07. The molecule has 5 heteroatoms. The van der Waals surface area contributed by atoms with Crippen LogP contribution < -0.4 is 0 Å². The van der Waals surface area contributed by atoms with Crippen LogP contribution in [0.2, 0.25) is 0 Å². The van der Waals surface area contributed by atoms with Crippen LogP contribution in [0.3, 0.4) is 0 Å². The van der Waals surface area contributed by atoms with Crippen LogP contribution in [0.15, 0.2) is 42.7 Å². The number of rotatable bonds is 0. The highest BCUT2D eigenvalue weighted by Gasteiger charge is 2.34. The van der Waals surface area contributed by atoms with Gasteiger partial charge in [-0.2, -0.15) is 0 Å². The zero-order chi connectivity index (χ0) is 12.0. The van der Waals surface area contributed by atoms with Crippen molar-refractivity contribution in [1.29, 1.82) is 0 Å². The average molecular weight is 236 g/mol. The van der Waals surface area contributed by atoms with Crippen molar-refractivity contribution in [2.75, 3.05) is 0 Å². The minimum Gasteiger partial charge on any atom is -0.263 e. The number of aromatic nitrogens is 2. The summed E-state index contributed by atoms with van der Waals surface area (Å²) >= 11 is 0. The highest BCUT2D eigenvalue weighted by atomic mass is 19.4. The number of para-hydroxylation sites is 1. The molecule has 0 aliphatic carbocycles. The standard InChI is InChI=1S/C12H7F3N2/c13-12(14,15)17-10-4-2-1-3-8(10)9-5-6-16-7-11(9)17/h1-7H. The Labute approximate surface area is 94.3 Å². The molecule has 3 aromatic rings. The Morgan fingerprint density at radius 3 is 2.41 bits per heavy atom. The second-order valence-electron chi connectivity index (χ2n) is 3.71. The van der Waals surface area contributed by atoms with E-state index in [2.05, 4.69) is 4.98 Å². The lowest BCUT2D eigenvalue weighted by molar-refractivity contribution is -0.197. The minimum atomic E-state index is -4.44. The molecule has 0 radical (unpaired) electrons. The van der Waals surface area contributed by atoms with Crippen LogP contribution in [0.25, 0.3) is 21.8 Å². The van der Waals surface area contributed by atoms with Crippen molar-refractivity contribution in [3.63, 3.8) is 0 Å². The van der Waals surface area contributed by atoms with E-state index < -0.39 is 6.30 Å². The lowest BCUT2D eigenvalue weighted by Gasteiger charge is -2.10. The van der Waals surface area contributed by atoms with Crippen LogP contribution in [-0.2, 0) is 6.30 Å². The van der Waals surface area contributed by atoms with E-state index in [0.29, 0.717) is 15.3 Å². The van der Waals surface area contributed by atoms with Crippen LogP contribution >= 0.6 is 0 Å². The molecule has 2 nitrogen and oxygen atoms in total. The summed E-state index contributed by atoms with van der Waals surface area (Å²) in [5.41, 5.74) is 0.240. The first kappa shape index (κ1) is 10.1. The molecular formula is C12H7F3N2. The molecule has 86 valence electrons. The topological polar surface area (TPSA) is 17.8 Å². The van der Waals surface area contributed by atoms with Crippen molar-refractivity contribution >= 4 is 21.8 Å². The SMILES string of the molecule is FC(F)(F)n1c2ccccc2c2ccncc21. The minimum absolute atomic E-state index is 0.0844. The van der Waals surface area contributed by atoms with Gasteiger partial charge in [0, 0.05) is 17.0 Å². The smallest absolute Gasteiger partial charge is 0.263 e. The first-order valence-corrected chi connectivity index (χ1v) is 4.99. The second kappa shape index (κ2) is 3.23. The van der Waals surface area contributed by atoms with Crippen molar-refractivity contribution < 1.29 is 13.2 Å². The van der Waals surface area contributed by atoms with Gasteiger partial charge in [-0.1, -0.05) is 18.2 Å². The summed E-state index contributed by atoms with van der Waals surface area (Å²) in [4.78, 5) is 3.76. The largest absolute Gasteiger partial charge is 0.489 e. The molecule has 0 saturated heterocycles. The Morgan fingerprint density at radius 1 is 0.941 bits per heavy atom. The third kappa shape index (κ3) is 1.39. The summed E-state index contributed by atoms with van der Waals surface area (Å²) in [6.45, 7) is 0. The van der Waals surface area contributed by atoms with Gasteiger partial charge in [0.2, 0.25) is 0 Å². The normalized spacial score (nSPS) is 12.4. The first-order chi connectivity index (χ1) is 8.09. The maximum atomic E-state index is 13.0. The van der Waals surface area contributed by atoms with E-state index in [4.69, 9.17) is 0 Å². The summed E-state index contributed by atoms with van der Waals surface area (Å²) in [5.74, 6) is 0. The Hall–Kier alpha value is -2.04. The van der Waals surface area contributed by atoms with E-state index in [1.54, 1.807) is 24.3 Å². The second-order valence-corrected chi connectivity index (χ2v) is 3.71. The zero-order valence-corrected chi connectivity index (χ0v) is 8.57. The van der Waals surface area contributed by atoms with Gasteiger partial charge in [0.1, 0.15) is 0 Å². The van der Waals surface area contributed by atoms with Crippen molar-refractivity contribution in [2.45, 2.75) is 6.30 Å². The molecule has 3 rings (SSSR count). The Kier molecular flexibility index (Phi) is 1.92. The third-order valence-electron chi connectivity index (χ3n) is 2.73. The summed E-state index contributed by atoms with van der Waals surface area (Å²) in [6, 6.07) is 8.06. The Balaban J connectivity index is 2.60. The van der Waals surface area contributed by atoms with Crippen LogP contribution in [0, 0.1) is 0 Å². The third-order valence-corrected chi connectivity index (χ3v) is 2.73. The first-order valence-electron chi connectivity index (χ1n) is 4.99. The maximum absolute atomic E-state index is 13.0. The molecule has 0 spiro atoms. The van der Waals surface area contributed by atoms with Gasteiger partial charge in [0.15, 0.2) is 0 Å². The molecule has 1 aromatic carbocycles. The van der Waals surface area contributed by atoms with Gasteiger partial charge in [-0.25, -0.2) is 0 Å². The predicted octanol–water partition coefficient (Wildman–Crippen LogP) is 3.67. The molecular weight excluding hydrogens is 229 g/mol. The molecule has 0 bridgehead atoms. The van der Waals surface area contributed by atoms with Crippen LogP contribution in [0.1, 0.15) is 0 Å². The van der Waals surface area contributed by atoms with Crippen molar-refractivity contribution in [2.24, 2.45) is 0 Å². The van der Waals surface area contributed by atoms with E-state index in [9.17, 15) is 13.2 Å². The van der Waals surface area contributed by atoms with E-state index in [0.717, 1.165) is 0 Å². The average Bonchev–Trinajstić information content (AvgIpc) is 2.63. The van der Waals surface area contributed by atoms with E-state index in [-0.39, 0.29) is 11.0 Å². The molecule has 0 amide bonds. The summed E-state index contributed by atoms with van der Waals surface area (Å²) in [5, 5.41) is 1.15. The number of hydrogen-bond donors (Lipinski definition) is 0. The quantitative estimate of drug-likeness (QED) is 0.582. The van der Waals surface area contributed by atoms with Gasteiger partial charge in [-0.15, -0.1) is 13.2 Å². The van der Waals surface area contributed by atoms with Crippen LogP contribution in [0.5, 0.6) is 0 Å². The summed E-state index contributed by atoms with van der Waals surface area (Å²) < 4.78 is 39.4. The summed E-state index contributed by atoms with van der Waals surface area (Å²) in [7, 11) is 0. The van der Waals surface area contributed by atoms with Crippen molar-refractivity contribution in [3.8, 4) is 0 Å². The molecule has 17 heavy (non-hydrogen) atoms. The Bertz CT molecular complexity index is 644. The molecule has 2 heterocycles. The van der Waals surface area contributed by atoms with E-state index in [1.165, 1.54) is 18.5 Å². The molecule has 0 unspecified atom stereocenters. The van der Waals surface area contributed by atoms with Crippen LogP contribution in [-0.4, -0.2) is 9.55 Å². The molecule has 0 N–H and O–H groups in total. The molecule has 0 fully saturated rings. The predicted molar refractivity (Wildman–Crippen MR) is 58.5 cm³/mol. The summed E-state index contributed by atoms with van der Waals surface area (Å²) in [6.07, 6.45) is -1.71. The number of benzene rings is 1. The van der Waals surface area contributed by atoms with Gasteiger partial charge >= 0.3 is 6.30 Å². The fourth-order valence-corrected chi connectivity index (χ4v) is 2.09. The maximum Gasteiger partial charge on any atom is 0.489 e. The van der Waals surface area contributed by atoms with Gasteiger partial charge in [-0.05, 0) is 12.1 Å². The zero-order valence-electron chi connectivity index (χ0n) is 8.57. The van der Waals surface area contributed by atoms with Gasteiger partial charge < -0.3 is 0 Å². The van der Waals surface area contributed by atoms with Gasteiger partial charge in [0.05, 0.1) is 17.2 Å². The van der Waals surface area contributed by atoms with E-state index in [1.807, 2.05) is 0 Å². The van der Waals surface area contributed by atoms with E-state index >= 15 is 0 Å². The lowest BCUT2D eigenvalue weighted by Crippen LogP contribution is -2.15. The number of fused-ring (bicyclic) bond motifs is 3.